The average Bonchev–Trinajstić information content (AvgIpc) is 3.19. The molecule has 1 aromatic carbocycles. The maximum Gasteiger partial charge on any atom is 0.309 e. The molecule has 2 atom stereocenters. The lowest BCUT2D eigenvalue weighted by Crippen LogP contribution is -2.19. The molecule has 28 heavy (non-hydrogen) atoms. The van der Waals surface area contributed by atoms with Crippen LogP contribution in [0.4, 0.5) is 0 Å². The van der Waals surface area contributed by atoms with Crippen molar-refractivity contribution in [3.05, 3.63) is 41.2 Å². The average molecular weight is 390 g/mol. The number of carbonyl (C=O) groups is 1. The summed E-state index contributed by atoms with van der Waals surface area (Å²) in [4.78, 5) is 13.6. The van der Waals surface area contributed by atoms with Gasteiger partial charge in [0.05, 0.1) is 13.0 Å². The van der Waals surface area contributed by atoms with Crippen molar-refractivity contribution < 1.29 is 9.53 Å². The fourth-order valence-electron chi connectivity index (χ4n) is 2.82. The summed E-state index contributed by atoms with van der Waals surface area (Å²) in [6.07, 6.45) is 3.42. The summed E-state index contributed by atoms with van der Waals surface area (Å²) in [7, 11) is 5.64. The Kier molecular flexibility index (Phi) is 11.0. The van der Waals surface area contributed by atoms with Crippen molar-refractivity contribution in [2.24, 2.45) is 5.92 Å². The maximum atomic E-state index is 11.3. The Morgan fingerprint density at radius 3 is 2.39 bits per heavy atom. The van der Waals surface area contributed by atoms with E-state index in [0.29, 0.717) is 18.2 Å². The molecule has 7 heteroatoms. The lowest BCUT2D eigenvalue weighted by molar-refractivity contribution is -0.145. The molecule has 1 aromatic heterocycles. The Morgan fingerprint density at radius 2 is 1.89 bits per heavy atom. The number of tetrazole rings is 1. The topological polar surface area (TPSA) is 84.0 Å². The van der Waals surface area contributed by atoms with Gasteiger partial charge in [-0.2, -0.15) is 5.21 Å². The lowest BCUT2D eigenvalue weighted by atomic mass is 9.97. The number of benzene rings is 1. The second-order valence-electron chi connectivity index (χ2n) is 7.44. The molecule has 0 aliphatic rings. The summed E-state index contributed by atoms with van der Waals surface area (Å²) in [5.41, 5.74) is 2.80. The minimum Gasteiger partial charge on any atom is -0.469 e. The molecule has 0 spiro atoms. The summed E-state index contributed by atoms with van der Waals surface area (Å²) >= 11 is 0. The van der Waals surface area contributed by atoms with Crippen molar-refractivity contribution in [1.82, 2.24) is 25.5 Å². The predicted molar refractivity (Wildman–Crippen MR) is 111 cm³/mol. The molecule has 1 N–H and O–H groups in total. The van der Waals surface area contributed by atoms with E-state index in [0.717, 1.165) is 19.4 Å². The zero-order valence-electron chi connectivity index (χ0n) is 18.1. The van der Waals surface area contributed by atoms with Crippen LogP contribution in [0.25, 0.3) is 0 Å². The van der Waals surface area contributed by atoms with E-state index in [1.54, 1.807) is 0 Å². The first-order chi connectivity index (χ1) is 13.4. The number of aromatic nitrogens is 4. The fraction of sp³-hybridized carbons (Fsp3) is 0.619. The number of H-pyrrole nitrogens is 1. The molecular formula is C21H35N5O2. The zero-order chi connectivity index (χ0) is 20.9. The molecule has 1 heterocycles. The van der Waals surface area contributed by atoms with E-state index >= 15 is 0 Å². The zero-order valence-corrected chi connectivity index (χ0v) is 18.1. The molecule has 2 aromatic rings. The van der Waals surface area contributed by atoms with Crippen LogP contribution in [0.5, 0.6) is 0 Å². The molecule has 0 aliphatic carbocycles. The van der Waals surface area contributed by atoms with Crippen molar-refractivity contribution in [1.29, 1.82) is 0 Å². The highest BCUT2D eigenvalue weighted by Gasteiger charge is 2.20. The Labute approximate surface area is 168 Å². The molecule has 0 bridgehead atoms. The van der Waals surface area contributed by atoms with E-state index < -0.39 is 0 Å². The van der Waals surface area contributed by atoms with Crippen molar-refractivity contribution in [3.8, 4) is 0 Å². The Bertz CT molecular complexity index is 656. The second kappa shape index (κ2) is 13.0. The van der Waals surface area contributed by atoms with Gasteiger partial charge in [-0.3, -0.25) is 4.79 Å². The first-order valence-electron chi connectivity index (χ1n) is 9.88. The molecule has 7 nitrogen and oxygen atoms in total. The van der Waals surface area contributed by atoms with E-state index in [4.69, 9.17) is 0 Å². The monoisotopic (exact) mass is 389 g/mol. The molecule has 0 fully saturated rings. The predicted octanol–water partition coefficient (Wildman–Crippen LogP) is 3.38. The van der Waals surface area contributed by atoms with Gasteiger partial charge in [0.2, 0.25) is 0 Å². The van der Waals surface area contributed by atoms with Gasteiger partial charge >= 0.3 is 5.97 Å². The number of nitrogens with one attached hydrogen (secondary N) is 1. The van der Waals surface area contributed by atoms with E-state index in [9.17, 15) is 4.79 Å². The number of ether oxygens (including phenoxy) is 1. The summed E-state index contributed by atoms with van der Waals surface area (Å²) in [6.45, 7) is 7.61. The second-order valence-corrected chi connectivity index (χ2v) is 7.44. The quantitative estimate of drug-likeness (QED) is 0.662. The number of nitrogens with zero attached hydrogens (tertiary/aromatic N) is 4. The van der Waals surface area contributed by atoms with Gasteiger partial charge in [-0.25, -0.2) is 0 Å². The Morgan fingerprint density at radius 1 is 1.21 bits per heavy atom. The first kappa shape index (κ1) is 23.8. The van der Waals surface area contributed by atoms with Crippen LogP contribution in [0.1, 0.15) is 56.0 Å². The highest BCUT2D eigenvalue weighted by atomic mass is 16.5. The molecule has 2 rings (SSSR count). The molecule has 0 aliphatic heterocycles. The van der Waals surface area contributed by atoms with Gasteiger partial charge in [0.1, 0.15) is 0 Å². The van der Waals surface area contributed by atoms with Gasteiger partial charge in [-0.1, -0.05) is 55.3 Å². The largest absolute Gasteiger partial charge is 0.469 e. The normalized spacial score (nSPS) is 12.8. The number of esters is 1. The van der Waals surface area contributed by atoms with Gasteiger partial charge in [-0.05, 0) is 51.9 Å². The molecule has 0 saturated heterocycles. The van der Waals surface area contributed by atoms with Crippen LogP contribution in [-0.4, -0.2) is 59.2 Å². The third kappa shape index (κ3) is 9.08. The molecule has 156 valence electrons. The van der Waals surface area contributed by atoms with Crippen molar-refractivity contribution in [3.63, 3.8) is 0 Å². The first-order valence-corrected chi connectivity index (χ1v) is 9.88. The standard InChI is InChI=1S/C13H21N.C8H14N4O2/c1-11-5-7-13(8-6-11)12(2)9-10-14(3)4;1-3-4-6(8(13)14-2)5-7-9-11-12-10-7/h5-8,12H,9-10H2,1-4H3;6H,3-5H2,1-2H3,(H,9,10,11,12). The Hall–Kier alpha value is -2.28. The van der Waals surface area contributed by atoms with E-state index in [1.165, 1.54) is 24.7 Å². The van der Waals surface area contributed by atoms with Gasteiger partial charge in [0.25, 0.3) is 0 Å². The number of rotatable bonds is 9. The minimum atomic E-state index is -0.211. The third-order valence-electron chi connectivity index (χ3n) is 4.65. The maximum absolute atomic E-state index is 11.3. The Balaban J connectivity index is 0.000000280. The molecule has 0 amide bonds. The smallest absolute Gasteiger partial charge is 0.309 e. The number of carbonyl (C=O) groups excluding carboxylic acids is 1. The van der Waals surface area contributed by atoms with Crippen molar-refractivity contribution in [2.75, 3.05) is 27.7 Å². The summed E-state index contributed by atoms with van der Waals surface area (Å²) in [5.74, 6) is 0.839. The molecular weight excluding hydrogens is 354 g/mol. The van der Waals surface area contributed by atoms with E-state index in [1.807, 2.05) is 6.92 Å². The van der Waals surface area contributed by atoms with Crippen LogP contribution < -0.4 is 0 Å². The number of hydrogen-bond acceptors (Lipinski definition) is 6. The van der Waals surface area contributed by atoms with Gasteiger partial charge < -0.3 is 9.64 Å². The van der Waals surface area contributed by atoms with Crippen LogP contribution >= 0.6 is 0 Å². The van der Waals surface area contributed by atoms with Crippen LogP contribution in [0.3, 0.4) is 0 Å². The van der Waals surface area contributed by atoms with Crippen LogP contribution in [0.2, 0.25) is 0 Å². The summed E-state index contributed by atoms with van der Waals surface area (Å²) in [6, 6.07) is 8.88. The lowest BCUT2D eigenvalue weighted by Gasteiger charge is -2.15. The van der Waals surface area contributed by atoms with Gasteiger partial charge in [0, 0.05) is 6.42 Å². The number of hydrogen-bond donors (Lipinski definition) is 1. The summed E-state index contributed by atoms with van der Waals surface area (Å²) < 4.78 is 4.69. The van der Waals surface area contributed by atoms with Crippen LogP contribution in [0.15, 0.2) is 24.3 Å². The number of methoxy groups -OCH3 is 1. The highest BCUT2D eigenvalue weighted by Crippen LogP contribution is 2.19. The van der Waals surface area contributed by atoms with Crippen molar-refractivity contribution >= 4 is 5.97 Å². The SMILES string of the molecule is CCCC(Cc1nn[nH]n1)C(=O)OC.Cc1ccc(C(C)CCN(C)C)cc1. The van der Waals surface area contributed by atoms with Gasteiger partial charge in [0.15, 0.2) is 5.82 Å². The van der Waals surface area contributed by atoms with Crippen molar-refractivity contribution in [2.45, 2.75) is 52.4 Å². The number of aromatic amines is 1. The fourth-order valence-corrected chi connectivity index (χ4v) is 2.82. The summed E-state index contributed by atoms with van der Waals surface area (Å²) in [5, 5.41) is 13.4. The highest BCUT2D eigenvalue weighted by molar-refractivity contribution is 5.72. The van der Waals surface area contributed by atoms with E-state index in [2.05, 4.69) is 82.5 Å². The molecule has 0 radical (unpaired) electrons. The minimum absolute atomic E-state index is 0.164. The molecule has 0 saturated carbocycles. The molecule has 2 unspecified atom stereocenters. The van der Waals surface area contributed by atoms with Gasteiger partial charge in [-0.15, -0.1) is 10.2 Å². The van der Waals surface area contributed by atoms with E-state index in [-0.39, 0.29) is 11.9 Å². The van der Waals surface area contributed by atoms with Crippen LogP contribution in [-0.2, 0) is 16.0 Å². The van der Waals surface area contributed by atoms with Crippen LogP contribution in [0, 0.1) is 12.8 Å². The number of aryl methyl sites for hydroxylation is 1. The third-order valence-corrected chi connectivity index (χ3v) is 4.65.